The van der Waals surface area contributed by atoms with Gasteiger partial charge in [0.1, 0.15) is 6.54 Å². The number of hydrogen-bond acceptors (Lipinski definition) is 4. The van der Waals surface area contributed by atoms with Crippen LogP contribution in [0.1, 0.15) is 0 Å². The summed E-state index contributed by atoms with van der Waals surface area (Å²) in [6.07, 6.45) is -4.35. The average molecular weight is 283 g/mol. The number of carbonyl (C=O) groups excluding carboxylic acids is 1. The van der Waals surface area contributed by atoms with Crippen molar-refractivity contribution in [2.24, 2.45) is 0 Å². The molecule has 1 amide bonds. The monoisotopic (exact) mass is 283 g/mol. The molecule has 1 rings (SSSR count). The molecule has 1 saturated heterocycles. The molecule has 0 unspecified atom stereocenters. The summed E-state index contributed by atoms with van der Waals surface area (Å²) in [6, 6.07) is 0. The minimum absolute atomic E-state index is 0.0220. The lowest BCUT2D eigenvalue weighted by Gasteiger charge is -2.34. The van der Waals surface area contributed by atoms with Gasteiger partial charge in [-0.1, -0.05) is 0 Å². The van der Waals surface area contributed by atoms with E-state index in [0.717, 1.165) is 19.6 Å². The summed E-state index contributed by atoms with van der Waals surface area (Å²) in [7, 11) is 1.64. The van der Waals surface area contributed by atoms with Crippen molar-refractivity contribution in [3.8, 4) is 0 Å². The lowest BCUT2D eigenvalue weighted by Crippen LogP contribution is -2.50. The molecule has 112 valence electrons. The molecule has 19 heavy (non-hydrogen) atoms. The van der Waals surface area contributed by atoms with Crippen LogP contribution in [-0.2, 0) is 9.53 Å². The van der Waals surface area contributed by atoms with Gasteiger partial charge in [-0.15, -0.1) is 0 Å². The van der Waals surface area contributed by atoms with Crippen LogP contribution < -0.4 is 5.32 Å². The number of amides is 1. The van der Waals surface area contributed by atoms with Crippen molar-refractivity contribution < 1.29 is 22.7 Å². The van der Waals surface area contributed by atoms with Crippen LogP contribution in [0.3, 0.4) is 0 Å². The number of hydrogen-bond donors (Lipinski definition) is 1. The molecule has 1 aliphatic heterocycles. The van der Waals surface area contributed by atoms with Crippen LogP contribution in [0.15, 0.2) is 0 Å². The summed E-state index contributed by atoms with van der Waals surface area (Å²) in [6.45, 7) is 3.22. The molecule has 5 nitrogen and oxygen atoms in total. The van der Waals surface area contributed by atoms with Crippen LogP contribution in [0.2, 0.25) is 0 Å². The Morgan fingerprint density at radius 1 is 1.21 bits per heavy atom. The van der Waals surface area contributed by atoms with Crippen LogP contribution in [-0.4, -0.2) is 81.4 Å². The SMILES string of the molecule is COCCN1CCN(CC(=O)NCC(F)(F)F)CC1. The summed E-state index contributed by atoms with van der Waals surface area (Å²) in [5, 5.41) is 1.88. The second kappa shape index (κ2) is 7.66. The van der Waals surface area contributed by atoms with Crippen LogP contribution in [0.5, 0.6) is 0 Å². The summed E-state index contributed by atoms with van der Waals surface area (Å²) in [4.78, 5) is 15.4. The Morgan fingerprint density at radius 2 is 1.79 bits per heavy atom. The van der Waals surface area contributed by atoms with E-state index < -0.39 is 18.6 Å². The molecule has 0 aromatic carbocycles. The number of carbonyl (C=O) groups is 1. The van der Waals surface area contributed by atoms with Crippen LogP contribution in [0.25, 0.3) is 0 Å². The Labute approximate surface area is 110 Å². The molecule has 0 aromatic heterocycles. The predicted molar refractivity (Wildman–Crippen MR) is 63.8 cm³/mol. The van der Waals surface area contributed by atoms with E-state index in [1.54, 1.807) is 7.11 Å². The second-order valence-electron chi connectivity index (χ2n) is 4.50. The molecule has 0 atom stereocenters. The molecule has 1 fully saturated rings. The fourth-order valence-corrected chi connectivity index (χ4v) is 1.85. The number of nitrogens with one attached hydrogen (secondary N) is 1. The molecule has 0 radical (unpaired) electrons. The molecule has 0 spiro atoms. The fraction of sp³-hybridized carbons (Fsp3) is 0.909. The van der Waals surface area contributed by atoms with E-state index in [2.05, 4.69) is 4.90 Å². The van der Waals surface area contributed by atoms with E-state index in [1.807, 2.05) is 10.2 Å². The first-order chi connectivity index (χ1) is 8.90. The van der Waals surface area contributed by atoms with Gasteiger partial charge in [-0.3, -0.25) is 14.6 Å². The lowest BCUT2D eigenvalue weighted by atomic mass is 10.3. The van der Waals surface area contributed by atoms with E-state index in [-0.39, 0.29) is 6.54 Å². The first-order valence-electron chi connectivity index (χ1n) is 6.18. The van der Waals surface area contributed by atoms with E-state index in [1.165, 1.54) is 0 Å². The van der Waals surface area contributed by atoms with Crippen LogP contribution in [0, 0.1) is 0 Å². The summed E-state index contributed by atoms with van der Waals surface area (Å²) in [5.41, 5.74) is 0. The van der Waals surface area contributed by atoms with Gasteiger partial charge in [0.2, 0.25) is 5.91 Å². The smallest absolute Gasteiger partial charge is 0.383 e. The van der Waals surface area contributed by atoms with Crippen LogP contribution >= 0.6 is 0 Å². The van der Waals surface area contributed by atoms with Gasteiger partial charge >= 0.3 is 6.18 Å². The highest BCUT2D eigenvalue weighted by Crippen LogP contribution is 2.12. The van der Waals surface area contributed by atoms with E-state index in [0.29, 0.717) is 19.7 Å². The summed E-state index contributed by atoms with van der Waals surface area (Å²) in [5.74, 6) is -0.581. The lowest BCUT2D eigenvalue weighted by molar-refractivity contribution is -0.139. The number of ether oxygens (including phenoxy) is 1. The van der Waals surface area contributed by atoms with Gasteiger partial charge in [-0.2, -0.15) is 13.2 Å². The summed E-state index contributed by atoms with van der Waals surface area (Å²) >= 11 is 0. The largest absolute Gasteiger partial charge is 0.405 e. The number of methoxy groups -OCH3 is 1. The van der Waals surface area contributed by atoms with Crippen molar-refractivity contribution in [3.05, 3.63) is 0 Å². The number of halogens is 3. The van der Waals surface area contributed by atoms with Gasteiger partial charge in [0.05, 0.1) is 13.2 Å². The molecule has 0 saturated carbocycles. The number of rotatable bonds is 6. The highest BCUT2D eigenvalue weighted by molar-refractivity contribution is 5.78. The van der Waals surface area contributed by atoms with Crippen molar-refractivity contribution in [2.45, 2.75) is 6.18 Å². The third-order valence-corrected chi connectivity index (χ3v) is 2.93. The topological polar surface area (TPSA) is 44.8 Å². The van der Waals surface area contributed by atoms with Gasteiger partial charge < -0.3 is 10.1 Å². The Hall–Kier alpha value is -0.860. The third kappa shape index (κ3) is 7.34. The molecule has 1 heterocycles. The number of alkyl halides is 3. The second-order valence-corrected chi connectivity index (χ2v) is 4.50. The molecular weight excluding hydrogens is 263 g/mol. The Balaban J connectivity index is 2.16. The van der Waals surface area contributed by atoms with E-state index in [4.69, 9.17) is 4.74 Å². The fourth-order valence-electron chi connectivity index (χ4n) is 1.85. The minimum Gasteiger partial charge on any atom is -0.383 e. The Bertz CT molecular complexity index is 279. The van der Waals surface area contributed by atoms with Gasteiger partial charge in [0.15, 0.2) is 0 Å². The average Bonchev–Trinajstić information content (AvgIpc) is 2.35. The van der Waals surface area contributed by atoms with Crippen LogP contribution in [0.4, 0.5) is 13.2 Å². The predicted octanol–water partition coefficient (Wildman–Crippen LogP) is -0.0711. The standard InChI is InChI=1S/C11H20F3N3O2/c1-19-7-6-16-2-4-17(5-3-16)8-10(18)15-9-11(12,13)14/h2-9H2,1H3,(H,15,18). The van der Waals surface area contributed by atoms with E-state index in [9.17, 15) is 18.0 Å². The van der Waals surface area contributed by atoms with Crippen molar-refractivity contribution in [2.75, 3.05) is 59.5 Å². The zero-order valence-corrected chi connectivity index (χ0v) is 11.0. The molecule has 0 aliphatic carbocycles. The highest BCUT2D eigenvalue weighted by atomic mass is 19.4. The quantitative estimate of drug-likeness (QED) is 0.741. The van der Waals surface area contributed by atoms with Gasteiger partial charge in [-0.25, -0.2) is 0 Å². The van der Waals surface area contributed by atoms with Crippen molar-refractivity contribution in [1.29, 1.82) is 0 Å². The first-order valence-corrected chi connectivity index (χ1v) is 6.18. The normalized spacial score (nSPS) is 18.5. The maximum absolute atomic E-state index is 11.9. The van der Waals surface area contributed by atoms with Gasteiger partial charge in [-0.05, 0) is 0 Å². The summed E-state index contributed by atoms with van der Waals surface area (Å²) < 4.78 is 40.7. The minimum atomic E-state index is -4.35. The van der Waals surface area contributed by atoms with Crippen molar-refractivity contribution in [1.82, 2.24) is 15.1 Å². The Kier molecular flexibility index (Phi) is 6.53. The Morgan fingerprint density at radius 3 is 2.32 bits per heavy atom. The van der Waals surface area contributed by atoms with Crippen molar-refractivity contribution >= 4 is 5.91 Å². The van der Waals surface area contributed by atoms with Gasteiger partial charge in [0.25, 0.3) is 0 Å². The van der Waals surface area contributed by atoms with Gasteiger partial charge in [0, 0.05) is 39.8 Å². The maximum Gasteiger partial charge on any atom is 0.405 e. The zero-order valence-electron chi connectivity index (χ0n) is 11.0. The maximum atomic E-state index is 11.9. The highest BCUT2D eigenvalue weighted by Gasteiger charge is 2.28. The first kappa shape index (κ1) is 16.2. The molecule has 0 bridgehead atoms. The molecular formula is C11H20F3N3O2. The van der Waals surface area contributed by atoms with Crippen molar-refractivity contribution in [3.63, 3.8) is 0 Å². The molecule has 1 N–H and O–H groups in total. The van der Waals surface area contributed by atoms with E-state index >= 15 is 0 Å². The zero-order chi connectivity index (χ0) is 14.3. The molecule has 0 aromatic rings. The molecule has 8 heteroatoms. The molecule has 1 aliphatic rings. The third-order valence-electron chi connectivity index (χ3n) is 2.93. The number of nitrogens with zero attached hydrogens (tertiary/aromatic N) is 2. The number of piperazine rings is 1.